The quantitative estimate of drug-likeness (QED) is 0.273. The summed E-state index contributed by atoms with van der Waals surface area (Å²) in [6.45, 7) is 5.94. The van der Waals surface area contributed by atoms with E-state index >= 15 is 0 Å². The van der Waals surface area contributed by atoms with Gasteiger partial charge < -0.3 is 5.41 Å². The van der Waals surface area contributed by atoms with Crippen LogP contribution >= 0.6 is 15.9 Å². The SMILES string of the molecule is CC(=N)CCc1ccccc1Br.CC1=Nc2ccccc2CC1.Cc1ccc2ccccc2n1. The van der Waals surface area contributed by atoms with E-state index in [4.69, 9.17) is 5.41 Å². The van der Waals surface area contributed by atoms with E-state index in [1.54, 1.807) is 0 Å². The molecule has 0 atom stereocenters. The van der Waals surface area contributed by atoms with Crippen molar-refractivity contribution >= 4 is 43.9 Å². The number of hydrogen-bond acceptors (Lipinski definition) is 3. The van der Waals surface area contributed by atoms with E-state index in [1.165, 1.54) is 22.2 Å². The highest BCUT2D eigenvalue weighted by Crippen LogP contribution is 2.24. The van der Waals surface area contributed by atoms with Crippen LogP contribution in [-0.2, 0) is 12.8 Å². The van der Waals surface area contributed by atoms with Crippen molar-refractivity contribution in [3.8, 4) is 0 Å². The van der Waals surface area contributed by atoms with Crippen molar-refractivity contribution in [2.75, 3.05) is 0 Å². The number of aromatic nitrogens is 1. The zero-order valence-corrected chi connectivity index (χ0v) is 21.8. The molecule has 4 heteroatoms. The van der Waals surface area contributed by atoms with Gasteiger partial charge in [-0.1, -0.05) is 76.6 Å². The molecule has 0 unspecified atom stereocenters. The molecule has 3 aromatic carbocycles. The number of benzene rings is 3. The Morgan fingerprint density at radius 1 is 0.853 bits per heavy atom. The maximum atomic E-state index is 7.30. The number of para-hydroxylation sites is 2. The Labute approximate surface area is 211 Å². The molecule has 1 N–H and O–H groups in total. The van der Waals surface area contributed by atoms with Gasteiger partial charge in [-0.3, -0.25) is 9.98 Å². The van der Waals surface area contributed by atoms with Crippen LogP contribution in [0.3, 0.4) is 0 Å². The molecule has 5 rings (SSSR count). The molecule has 0 spiro atoms. The normalized spacial score (nSPS) is 11.8. The molecule has 0 amide bonds. The van der Waals surface area contributed by atoms with Crippen LogP contribution in [0.5, 0.6) is 0 Å². The molecule has 0 aliphatic carbocycles. The molecule has 4 aromatic rings. The third-order valence-electron chi connectivity index (χ3n) is 5.52. The van der Waals surface area contributed by atoms with E-state index < -0.39 is 0 Å². The van der Waals surface area contributed by atoms with Crippen LogP contribution in [0.2, 0.25) is 0 Å². The third kappa shape index (κ3) is 8.03. The van der Waals surface area contributed by atoms with E-state index in [0.717, 1.165) is 52.8 Å². The van der Waals surface area contributed by atoms with E-state index in [2.05, 4.69) is 69.2 Å². The highest BCUT2D eigenvalue weighted by Gasteiger charge is 2.06. The Kier molecular flexibility index (Phi) is 9.72. The molecule has 0 fully saturated rings. The first-order valence-electron chi connectivity index (χ1n) is 11.6. The van der Waals surface area contributed by atoms with Gasteiger partial charge in [0, 0.05) is 27.0 Å². The average molecular weight is 515 g/mol. The molecular formula is C30H32BrN3. The molecule has 1 aliphatic rings. The van der Waals surface area contributed by atoms with Gasteiger partial charge in [0.05, 0.1) is 11.2 Å². The lowest BCUT2D eigenvalue weighted by molar-refractivity contribution is 1.00. The maximum Gasteiger partial charge on any atom is 0.0705 e. The summed E-state index contributed by atoms with van der Waals surface area (Å²) in [4.78, 5) is 8.84. The molecule has 3 nitrogen and oxygen atoms in total. The lowest BCUT2D eigenvalue weighted by Crippen LogP contribution is -2.00. The van der Waals surface area contributed by atoms with Gasteiger partial charge in [-0.25, -0.2) is 0 Å². The first-order valence-corrected chi connectivity index (χ1v) is 12.4. The summed E-state index contributed by atoms with van der Waals surface area (Å²) in [6, 6.07) is 28.8. The van der Waals surface area contributed by atoms with Crippen molar-refractivity contribution in [3.05, 3.63) is 106 Å². The van der Waals surface area contributed by atoms with Crippen molar-refractivity contribution in [2.45, 2.75) is 46.5 Å². The second kappa shape index (κ2) is 13.0. The summed E-state index contributed by atoms with van der Waals surface area (Å²) in [5.74, 6) is 0. The Balaban J connectivity index is 0.000000143. The van der Waals surface area contributed by atoms with Crippen LogP contribution in [0.25, 0.3) is 10.9 Å². The molecule has 0 saturated heterocycles. The van der Waals surface area contributed by atoms with Crippen molar-refractivity contribution in [1.29, 1.82) is 5.41 Å². The Bertz CT molecular complexity index is 1280. The Morgan fingerprint density at radius 3 is 2.35 bits per heavy atom. The van der Waals surface area contributed by atoms with Crippen molar-refractivity contribution < 1.29 is 0 Å². The van der Waals surface area contributed by atoms with Crippen LogP contribution in [0.1, 0.15) is 43.5 Å². The van der Waals surface area contributed by atoms with Gasteiger partial charge in [-0.15, -0.1) is 0 Å². The number of fused-ring (bicyclic) bond motifs is 2. The number of hydrogen-bond donors (Lipinski definition) is 1. The lowest BCUT2D eigenvalue weighted by Gasteiger charge is -2.11. The van der Waals surface area contributed by atoms with E-state index in [0.29, 0.717) is 0 Å². The number of rotatable bonds is 3. The Morgan fingerprint density at radius 2 is 1.56 bits per heavy atom. The van der Waals surface area contributed by atoms with Gasteiger partial charge in [0.25, 0.3) is 0 Å². The number of pyridine rings is 1. The molecule has 0 radical (unpaired) electrons. The molecule has 0 bridgehead atoms. The highest BCUT2D eigenvalue weighted by atomic mass is 79.9. The van der Waals surface area contributed by atoms with Gasteiger partial charge >= 0.3 is 0 Å². The minimum atomic E-state index is 0.741. The average Bonchev–Trinajstić information content (AvgIpc) is 2.84. The number of aryl methyl sites for hydroxylation is 3. The molecular weight excluding hydrogens is 482 g/mol. The molecule has 0 saturated carbocycles. The van der Waals surface area contributed by atoms with Gasteiger partial charge in [-0.2, -0.15) is 0 Å². The van der Waals surface area contributed by atoms with Gasteiger partial charge in [-0.05, 0) is 81.8 Å². The molecule has 1 aromatic heterocycles. The third-order valence-corrected chi connectivity index (χ3v) is 6.30. The lowest BCUT2D eigenvalue weighted by atomic mass is 10.0. The standard InChI is InChI=1S/C10H12BrN.C10H11N.C10H9N/c1-8(12)6-7-9-4-2-3-5-10(9)11;2*1-8-6-7-9-4-2-3-5-10(9)11-8/h2-5,12H,6-7H2,1H3;2-5H,6-7H2,1H3;2-7H,1H3. The van der Waals surface area contributed by atoms with Gasteiger partial charge in [0.1, 0.15) is 0 Å². The molecule has 174 valence electrons. The maximum absolute atomic E-state index is 7.30. The summed E-state index contributed by atoms with van der Waals surface area (Å²) in [5, 5.41) is 8.51. The van der Waals surface area contributed by atoms with E-state index in [9.17, 15) is 0 Å². The van der Waals surface area contributed by atoms with Gasteiger partial charge in [0.2, 0.25) is 0 Å². The minimum Gasteiger partial charge on any atom is -0.310 e. The topological polar surface area (TPSA) is 49.1 Å². The van der Waals surface area contributed by atoms with Crippen LogP contribution in [0, 0.1) is 12.3 Å². The predicted octanol–water partition coefficient (Wildman–Crippen LogP) is 8.69. The fraction of sp³-hybridized carbons (Fsp3) is 0.233. The largest absolute Gasteiger partial charge is 0.310 e. The second-order valence-electron chi connectivity index (χ2n) is 8.49. The predicted molar refractivity (Wildman–Crippen MR) is 150 cm³/mol. The Hall–Kier alpha value is -3.11. The first-order chi connectivity index (χ1) is 16.4. The van der Waals surface area contributed by atoms with Crippen LogP contribution in [0.4, 0.5) is 5.69 Å². The van der Waals surface area contributed by atoms with Gasteiger partial charge in [0.15, 0.2) is 0 Å². The second-order valence-corrected chi connectivity index (χ2v) is 9.35. The zero-order valence-electron chi connectivity index (χ0n) is 20.2. The number of halogens is 1. The summed E-state index contributed by atoms with van der Waals surface area (Å²) in [7, 11) is 0. The number of nitrogens with one attached hydrogen (secondary N) is 1. The number of aliphatic imine (C=N–C) groups is 1. The smallest absolute Gasteiger partial charge is 0.0705 e. The molecule has 2 heterocycles. The monoisotopic (exact) mass is 513 g/mol. The molecule has 1 aliphatic heterocycles. The van der Waals surface area contributed by atoms with Crippen molar-refractivity contribution in [2.24, 2.45) is 4.99 Å². The first kappa shape index (κ1) is 25.5. The summed E-state index contributed by atoms with van der Waals surface area (Å²) < 4.78 is 1.14. The van der Waals surface area contributed by atoms with Crippen molar-refractivity contribution in [3.63, 3.8) is 0 Å². The zero-order chi connectivity index (χ0) is 24.3. The van der Waals surface area contributed by atoms with E-state index in [-0.39, 0.29) is 0 Å². The summed E-state index contributed by atoms with van der Waals surface area (Å²) in [5.41, 5.74) is 7.98. The highest BCUT2D eigenvalue weighted by molar-refractivity contribution is 9.10. The van der Waals surface area contributed by atoms with Crippen LogP contribution in [0.15, 0.2) is 94.4 Å². The molecule has 34 heavy (non-hydrogen) atoms. The summed E-state index contributed by atoms with van der Waals surface area (Å²) in [6.07, 6.45) is 4.09. The van der Waals surface area contributed by atoms with Crippen LogP contribution < -0.4 is 0 Å². The fourth-order valence-electron chi connectivity index (χ4n) is 3.60. The fourth-order valence-corrected chi connectivity index (χ4v) is 4.08. The van der Waals surface area contributed by atoms with Crippen LogP contribution in [-0.4, -0.2) is 16.4 Å². The summed E-state index contributed by atoms with van der Waals surface area (Å²) >= 11 is 3.48. The minimum absolute atomic E-state index is 0.741. The van der Waals surface area contributed by atoms with Crippen molar-refractivity contribution in [1.82, 2.24) is 4.98 Å². The number of nitrogens with zero attached hydrogens (tertiary/aromatic N) is 2. The van der Waals surface area contributed by atoms with E-state index in [1.807, 2.05) is 62.4 Å².